The summed E-state index contributed by atoms with van der Waals surface area (Å²) in [7, 11) is 0. The number of aromatic nitrogens is 2. The third-order valence-corrected chi connectivity index (χ3v) is 5.79. The fraction of sp³-hybridized carbons (Fsp3) is 0.217. The van der Waals surface area contributed by atoms with Crippen LogP contribution in [0.15, 0.2) is 58.1 Å². The standard InChI is InChI=1S/C23H19ClF2N2O2/c24-18-11-10-16(19(25)20(18)26)14-6-8-15(9-7-14)21-17(22(29)28-23(30)27-21)12-13-4-2-1-3-5-13/h1-6,10-11,15H,7-9,12H2,(H2,27,28,29,30). The van der Waals surface area contributed by atoms with Gasteiger partial charge in [-0.15, -0.1) is 0 Å². The summed E-state index contributed by atoms with van der Waals surface area (Å²) in [6.45, 7) is 0. The molecular formula is C23H19ClF2N2O2. The highest BCUT2D eigenvalue weighted by Crippen LogP contribution is 2.37. The molecule has 0 saturated heterocycles. The molecule has 4 nitrogen and oxygen atoms in total. The van der Waals surface area contributed by atoms with Crippen molar-refractivity contribution in [3.63, 3.8) is 0 Å². The van der Waals surface area contributed by atoms with Gasteiger partial charge in [0.05, 0.1) is 5.02 Å². The van der Waals surface area contributed by atoms with E-state index in [1.54, 1.807) is 0 Å². The first kappa shape index (κ1) is 20.3. The lowest BCUT2D eigenvalue weighted by molar-refractivity contribution is 0.505. The molecule has 0 saturated carbocycles. The zero-order chi connectivity index (χ0) is 21.3. The molecule has 30 heavy (non-hydrogen) atoms. The van der Waals surface area contributed by atoms with Crippen molar-refractivity contribution < 1.29 is 8.78 Å². The number of aromatic amines is 2. The Labute approximate surface area is 176 Å². The van der Waals surface area contributed by atoms with Crippen molar-refractivity contribution in [3.05, 3.63) is 108 Å². The average molecular weight is 429 g/mol. The molecule has 4 rings (SSSR count). The molecule has 1 heterocycles. The summed E-state index contributed by atoms with van der Waals surface area (Å²) in [4.78, 5) is 29.5. The van der Waals surface area contributed by atoms with Gasteiger partial charge in [-0.1, -0.05) is 54.1 Å². The van der Waals surface area contributed by atoms with Crippen molar-refractivity contribution in [1.82, 2.24) is 9.97 Å². The molecule has 1 aliphatic carbocycles. The van der Waals surface area contributed by atoms with Crippen LogP contribution >= 0.6 is 11.6 Å². The highest BCUT2D eigenvalue weighted by atomic mass is 35.5. The van der Waals surface area contributed by atoms with Crippen LogP contribution in [0.5, 0.6) is 0 Å². The van der Waals surface area contributed by atoms with Crippen LogP contribution in [-0.2, 0) is 6.42 Å². The van der Waals surface area contributed by atoms with Crippen LogP contribution in [0.4, 0.5) is 8.78 Å². The first-order valence-corrected chi connectivity index (χ1v) is 10.0. The number of rotatable bonds is 4. The maximum Gasteiger partial charge on any atom is 0.325 e. The molecule has 2 aromatic carbocycles. The Hall–Kier alpha value is -2.99. The van der Waals surface area contributed by atoms with E-state index >= 15 is 0 Å². The predicted molar refractivity (Wildman–Crippen MR) is 113 cm³/mol. The summed E-state index contributed by atoms with van der Waals surface area (Å²) in [5, 5.41) is -0.253. The minimum Gasteiger partial charge on any atom is -0.311 e. The van der Waals surface area contributed by atoms with E-state index in [9.17, 15) is 18.4 Å². The number of H-pyrrole nitrogens is 2. The molecule has 0 amide bonds. The predicted octanol–water partition coefficient (Wildman–Crippen LogP) is 4.94. The fourth-order valence-electron chi connectivity index (χ4n) is 3.97. The van der Waals surface area contributed by atoms with Crippen LogP contribution in [0.25, 0.3) is 5.57 Å². The molecule has 1 atom stereocenters. The van der Waals surface area contributed by atoms with Gasteiger partial charge in [0.25, 0.3) is 5.56 Å². The molecule has 0 fully saturated rings. The van der Waals surface area contributed by atoms with Crippen LogP contribution in [0.2, 0.25) is 5.02 Å². The summed E-state index contributed by atoms with van der Waals surface area (Å²) in [6, 6.07) is 12.3. The first-order chi connectivity index (χ1) is 14.4. The second-order valence-corrected chi connectivity index (χ2v) is 7.79. The molecule has 0 radical (unpaired) electrons. The summed E-state index contributed by atoms with van der Waals surface area (Å²) in [6.07, 6.45) is 3.82. The molecule has 1 unspecified atom stereocenters. The van der Waals surface area contributed by atoms with Gasteiger partial charge in [0.1, 0.15) is 0 Å². The van der Waals surface area contributed by atoms with Gasteiger partial charge in [-0.05, 0) is 36.5 Å². The van der Waals surface area contributed by atoms with E-state index in [0.29, 0.717) is 42.5 Å². The lowest BCUT2D eigenvalue weighted by atomic mass is 9.82. The largest absolute Gasteiger partial charge is 0.325 e. The summed E-state index contributed by atoms with van der Waals surface area (Å²) in [5.74, 6) is -2.11. The van der Waals surface area contributed by atoms with Gasteiger partial charge in [0, 0.05) is 29.2 Å². The van der Waals surface area contributed by atoms with Crippen molar-refractivity contribution in [3.8, 4) is 0 Å². The van der Waals surface area contributed by atoms with Crippen molar-refractivity contribution in [1.29, 1.82) is 0 Å². The lowest BCUT2D eigenvalue weighted by Crippen LogP contribution is -2.30. The van der Waals surface area contributed by atoms with E-state index in [2.05, 4.69) is 9.97 Å². The summed E-state index contributed by atoms with van der Waals surface area (Å²) in [5.41, 5.74) is 2.01. The highest BCUT2D eigenvalue weighted by molar-refractivity contribution is 6.30. The Morgan fingerprint density at radius 2 is 1.77 bits per heavy atom. The Morgan fingerprint density at radius 3 is 2.47 bits per heavy atom. The van der Waals surface area contributed by atoms with E-state index < -0.39 is 22.9 Å². The van der Waals surface area contributed by atoms with Crippen LogP contribution in [0.3, 0.4) is 0 Å². The minimum absolute atomic E-state index is 0.0947. The summed E-state index contributed by atoms with van der Waals surface area (Å²) >= 11 is 5.64. The third kappa shape index (κ3) is 4.00. The van der Waals surface area contributed by atoms with Gasteiger partial charge in [-0.3, -0.25) is 9.78 Å². The number of hydrogen-bond acceptors (Lipinski definition) is 2. The molecule has 0 spiro atoms. The molecule has 7 heteroatoms. The zero-order valence-electron chi connectivity index (χ0n) is 16.0. The van der Waals surface area contributed by atoms with E-state index in [4.69, 9.17) is 11.6 Å². The molecule has 1 aliphatic rings. The van der Waals surface area contributed by atoms with Gasteiger partial charge in [0.15, 0.2) is 11.6 Å². The molecule has 1 aromatic heterocycles. The normalized spacial score (nSPS) is 16.4. The third-order valence-electron chi connectivity index (χ3n) is 5.50. The maximum atomic E-state index is 14.3. The van der Waals surface area contributed by atoms with E-state index in [1.165, 1.54) is 12.1 Å². The van der Waals surface area contributed by atoms with Crippen molar-refractivity contribution in [2.75, 3.05) is 0 Å². The van der Waals surface area contributed by atoms with E-state index in [1.807, 2.05) is 36.4 Å². The van der Waals surface area contributed by atoms with Crippen molar-refractivity contribution in [2.45, 2.75) is 31.6 Å². The minimum atomic E-state index is -1.05. The first-order valence-electron chi connectivity index (χ1n) is 9.66. The van der Waals surface area contributed by atoms with Crippen LogP contribution < -0.4 is 11.2 Å². The van der Waals surface area contributed by atoms with Gasteiger partial charge >= 0.3 is 5.69 Å². The fourth-order valence-corrected chi connectivity index (χ4v) is 4.11. The Balaban J connectivity index is 1.66. The lowest BCUT2D eigenvalue weighted by Gasteiger charge is -2.24. The van der Waals surface area contributed by atoms with Gasteiger partial charge in [-0.25, -0.2) is 13.6 Å². The highest BCUT2D eigenvalue weighted by Gasteiger charge is 2.24. The Morgan fingerprint density at radius 1 is 1.00 bits per heavy atom. The molecule has 0 bridgehead atoms. The van der Waals surface area contributed by atoms with Crippen LogP contribution in [0, 0.1) is 11.6 Å². The van der Waals surface area contributed by atoms with Crippen molar-refractivity contribution in [2.24, 2.45) is 0 Å². The van der Waals surface area contributed by atoms with Crippen LogP contribution in [-0.4, -0.2) is 9.97 Å². The van der Waals surface area contributed by atoms with E-state index in [-0.39, 0.29) is 16.5 Å². The topological polar surface area (TPSA) is 65.7 Å². The molecule has 154 valence electrons. The number of allylic oxidation sites excluding steroid dienone is 2. The zero-order valence-corrected chi connectivity index (χ0v) is 16.7. The Kier molecular flexibility index (Phi) is 5.68. The average Bonchev–Trinajstić information content (AvgIpc) is 2.75. The van der Waals surface area contributed by atoms with Gasteiger partial charge in [0.2, 0.25) is 0 Å². The molecule has 2 N–H and O–H groups in total. The molecule has 0 aliphatic heterocycles. The van der Waals surface area contributed by atoms with Crippen LogP contribution in [0.1, 0.15) is 47.6 Å². The number of benzene rings is 2. The van der Waals surface area contributed by atoms with Crippen molar-refractivity contribution >= 4 is 17.2 Å². The smallest absolute Gasteiger partial charge is 0.311 e. The number of hydrogen-bond donors (Lipinski definition) is 2. The van der Waals surface area contributed by atoms with Gasteiger partial charge < -0.3 is 4.98 Å². The molecular weight excluding hydrogens is 410 g/mol. The van der Waals surface area contributed by atoms with Gasteiger partial charge in [-0.2, -0.15) is 0 Å². The quantitative estimate of drug-likeness (QED) is 0.578. The monoisotopic (exact) mass is 428 g/mol. The second-order valence-electron chi connectivity index (χ2n) is 7.39. The Bertz CT molecular complexity index is 1230. The number of nitrogens with one attached hydrogen (secondary N) is 2. The summed E-state index contributed by atoms with van der Waals surface area (Å²) < 4.78 is 28.1. The SMILES string of the molecule is O=c1[nH]c(C2CC=C(c3ccc(Cl)c(F)c3F)CC2)c(Cc2ccccc2)c(=O)[nH]1. The number of halogens is 3. The maximum absolute atomic E-state index is 14.3. The second kappa shape index (κ2) is 8.40. The van der Waals surface area contributed by atoms with E-state index in [0.717, 1.165) is 5.56 Å². The molecule has 3 aromatic rings.